The highest BCUT2D eigenvalue weighted by Crippen LogP contribution is 2.32. The maximum absolute atomic E-state index is 5.37. The Balaban J connectivity index is 1.92. The van der Waals surface area contributed by atoms with Gasteiger partial charge in [0.15, 0.2) is 0 Å². The minimum absolute atomic E-state index is 0.431. The fraction of sp³-hybridized carbons (Fsp3) is 0.875. The molecule has 0 amide bonds. The molecule has 1 atom stereocenters. The van der Waals surface area contributed by atoms with E-state index in [1.807, 2.05) is 0 Å². The molecule has 1 aliphatic carbocycles. The number of nitrogens with one attached hydrogen (secondary N) is 1. The average Bonchev–Trinajstić information content (AvgIpc) is 2.40. The molecule has 2 fully saturated rings. The van der Waals surface area contributed by atoms with Crippen LogP contribution in [0, 0.1) is 12.3 Å². The van der Waals surface area contributed by atoms with Gasteiger partial charge >= 0.3 is 0 Å². The van der Waals surface area contributed by atoms with Gasteiger partial charge < -0.3 is 5.32 Å². The van der Waals surface area contributed by atoms with Gasteiger partial charge in [0.25, 0.3) is 0 Å². The van der Waals surface area contributed by atoms with E-state index in [4.69, 9.17) is 6.42 Å². The number of piperazine rings is 1. The third-order valence-corrected chi connectivity index (χ3v) is 4.78. The van der Waals surface area contributed by atoms with Gasteiger partial charge in [0.05, 0.1) is 0 Å². The molecule has 1 saturated heterocycles. The quantitative estimate of drug-likeness (QED) is 0.608. The van der Waals surface area contributed by atoms with Crippen LogP contribution in [0.3, 0.4) is 0 Å². The van der Waals surface area contributed by atoms with Gasteiger partial charge in [-0.1, -0.05) is 26.2 Å². The van der Waals surface area contributed by atoms with E-state index in [1.165, 1.54) is 58.2 Å². The second-order valence-electron chi connectivity index (χ2n) is 6.06. The lowest BCUT2D eigenvalue weighted by molar-refractivity contribution is 0.0535. The molecule has 1 heterocycles. The maximum Gasteiger partial charge on any atom is 0.0309 e. The van der Waals surface area contributed by atoms with Crippen LogP contribution in [0.15, 0.2) is 0 Å². The Bertz CT molecular complexity index is 286. The molecular weight excluding hydrogens is 220 g/mol. The molecule has 0 aromatic heterocycles. The molecule has 1 aliphatic heterocycles. The predicted molar refractivity (Wildman–Crippen MR) is 77.5 cm³/mol. The van der Waals surface area contributed by atoms with Crippen LogP contribution in [0.4, 0.5) is 0 Å². The summed E-state index contributed by atoms with van der Waals surface area (Å²) in [6.07, 6.45) is 15.7. The minimum Gasteiger partial charge on any atom is -0.308 e. The summed E-state index contributed by atoms with van der Waals surface area (Å²) in [6.45, 7) is 5.91. The summed E-state index contributed by atoms with van der Waals surface area (Å²) in [5.74, 6) is 2.77. The summed E-state index contributed by atoms with van der Waals surface area (Å²) in [5, 5.41) is 3.87. The Labute approximate surface area is 113 Å². The van der Waals surface area contributed by atoms with Crippen LogP contribution < -0.4 is 5.32 Å². The van der Waals surface area contributed by atoms with Gasteiger partial charge in [-0.25, -0.2) is 0 Å². The molecule has 1 N–H and O–H groups in total. The van der Waals surface area contributed by atoms with Crippen molar-refractivity contribution in [3.05, 3.63) is 0 Å². The second kappa shape index (κ2) is 6.59. The van der Waals surface area contributed by atoms with Crippen molar-refractivity contribution >= 4 is 0 Å². The van der Waals surface area contributed by atoms with Crippen molar-refractivity contribution < 1.29 is 0 Å². The fourth-order valence-corrected chi connectivity index (χ4v) is 3.65. The van der Waals surface area contributed by atoms with Crippen LogP contribution in [0.5, 0.6) is 0 Å². The Kier molecular flexibility index (Phi) is 5.09. The summed E-state index contributed by atoms with van der Waals surface area (Å²) in [6, 6.07) is 0.718. The lowest BCUT2D eigenvalue weighted by atomic mass is 9.79. The standard InChI is InChI=1S/C16H28N2/c1-3-5-9-12-18-14-16(10-7-6-8-11-16)17-13-15(18)4-2/h1,15,17H,4-14H2,2H3. The summed E-state index contributed by atoms with van der Waals surface area (Å²) < 4.78 is 0. The monoisotopic (exact) mass is 248 g/mol. The number of unbranched alkanes of at least 4 members (excludes halogenated alkanes) is 1. The summed E-state index contributed by atoms with van der Waals surface area (Å²) in [4.78, 5) is 2.71. The number of terminal acetylenes is 1. The molecule has 2 nitrogen and oxygen atoms in total. The van der Waals surface area contributed by atoms with E-state index in [2.05, 4.69) is 23.1 Å². The highest BCUT2D eigenvalue weighted by molar-refractivity contribution is 4.99. The first-order chi connectivity index (χ1) is 8.79. The molecule has 0 aromatic carbocycles. The average molecular weight is 248 g/mol. The highest BCUT2D eigenvalue weighted by Gasteiger charge is 2.38. The van der Waals surface area contributed by atoms with E-state index < -0.39 is 0 Å². The van der Waals surface area contributed by atoms with Crippen molar-refractivity contribution in [2.24, 2.45) is 0 Å². The molecule has 1 spiro atoms. The second-order valence-corrected chi connectivity index (χ2v) is 6.06. The Hall–Kier alpha value is -0.520. The molecule has 0 radical (unpaired) electrons. The molecule has 2 rings (SSSR count). The minimum atomic E-state index is 0.431. The first-order valence-electron chi connectivity index (χ1n) is 7.72. The van der Waals surface area contributed by atoms with Crippen molar-refractivity contribution in [2.75, 3.05) is 19.6 Å². The van der Waals surface area contributed by atoms with Gasteiger partial charge in [0, 0.05) is 31.1 Å². The van der Waals surface area contributed by atoms with Crippen molar-refractivity contribution in [3.63, 3.8) is 0 Å². The normalized spacial score (nSPS) is 28.1. The molecule has 0 aromatic rings. The van der Waals surface area contributed by atoms with Gasteiger partial charge in [-0.2, -0.15) is 0 Å². The zero-order valence-corrected chi connectivity index (χ0v) is 11.9. The number of rotatable bonds is 4. The molecular formula is C16H28N2. The SMILES string of the molecule is C#CCCCN1CC2(CCCCC2)NCC1CC. The van der Waals surface area contributed by atoms with Gasteiger partial charge in [-0.15, -0.1) is 12.3 Å². The molecule has 2 aliphatic rings. The third kappa shape index (κ3) is 3.28. The van der Waals surface area contributed by atoms with Crippen LogP contribution in [-0.4, -0.2) is 36.1 Å². The summed E-state index contributed by atoms with van der Waals surface area (Å²) >= 11 is 0. The predicted octanol–water partition coefficient (Wildman–Crippen LogP) is 2.79. The zero-order chi connectivity index (χ0) is 12.8. The van der Waals surface area contributed by atoms with Crippen molar-refractivity contribution in [1.82, 2.24) is 10.2 Å². The number of hydrogen-bond donors (Lipinski definition) is 1. The van der Waals surface area contributed by atoms with Gasteiger partial charge in [-0.05, 0) is 32.2 Å². The van der Waals surface area contributed by atoms with E-state index in [0.29, 0.717) is 5.54 Å². The molecule has 102 valence electrons. The Morgan fingerprint density at radius 3 is 2.78 bits per heavy atom. The first kappa shape index (κ1) is 13.9. The van der Waals surface area contributed by atoms with Gasteiger partial charge in [0.2, 0.25) is 0 Å². The van der Waals surface area contributed by atoms with Crippen LogP contribution in [0.25, 0.3) is 0 Å². The largest absolute Gasteiger partial charge is 0.308 e. The lowest BCUT2D eigenvalue weighted by Gasteiger charge is -2.49. The van der Waals surface area contributed by atoms with Crippen molar-refractivity contribution in [3.8, 4) is 12.3 Å². The third-order valence-electron chi connectivity index (χ3n) is 4.78. The zero-order valence-electron chi connectivity index (χ0n) is 11.9. The Morgan fingerprint density at radius 1 is 1.33 bits per heavy atom. The highest BCUT2D eigenvalue weighted by atomic mass is 15.3. The van der Waals surface area contributed by atoms with Gasteiger partial charge in [-0.3, -0.25) is 4.90 Å². The molecule has 1 saturated carbocycles. The fourth-order valence-electron chi connectivity index (χ4n) is 3.65. The smallest absolute Gasteiger partial charge is 0.0309 e. The van der Waals surface area contributed by atoms with E-state index in [0.717, 1.165) is 18.9 Å². The van der Waals surface area contributed by atoms with E-state index in [1.54, 1.807) is 0 Å². The van der Waals surface area contributed by atoms with E-state index >= 15 is 0 Å². The number of hydrogen-bond acceptors (Lipinski definition) is 2. The van der Waals surface area contributed by atoms with Gasteiger partial charge in [0.1, 0.15) is 0 Å². The van der Waals surface area contributed by atoms with Crippen LogP contribution in [0.2, 0.25) is 0 Å². The van der Waals surface area contributed by atoms with Crippen molar-refractivity contribution in [2.45, 2.75) is 69.9 Å². The number of nitrogens with zero attached hydrogens (tertiary/aromatic N) is 1. The van der Waals surface area contributed by atoms with Crippen LogP contribution in [0.1, 0.15) is 58.3 Å². The van der Waals surface area contributed by atoms with E-state index in [-0.39, 0.29) is 0 Å². The van der Waals surface area contributed by atoms with Crippen molar-refractivity contribution in [1.29, 1.82) is 0 Å². The molecule has 0 bridgehead atoms. The van der Waals surface area contributed by atoms with Crippen LogP contribution in [-0.2, 0) is 0 Å². The molecule has 1 unspecified atom stereocenters. The Morgan fingerprint density at radius 2 is 2.11 bits per heavy atom. The summed E-state index contributed by atoms with van der Waals surface area (Å²) in [5.41, 5.74) is 0.431. The lowest BCUT2D eigenvalue weighted by Crippen LogP contribution is -2.64. The molecule has 2 heteroatoms. The van der Waals surface area contributed by atoms with Crippen LogP contribution >= 0.6 is 0 Å². The summed E-state index contributed by atoms with van der Waals surface area (Å²) in [7, 11) is 0. The molecule has 18 heavy (non-hydrogen) atoms. The van der Waals surface area contributed by atoms with E-state index in [9.17, 15) is 0 Å². The first-order valence-corrected chi connectivity index (χ1v) is 7.72. The topological polar surface area (TPSA) is 15.3 Å². The maximum atomic E-state index is 5.37.